The molecular formula is C12H14N4O. The van der Waals surface area contributed by atoms with E-state index in [0.29, 0.717) is 12.5 Å². The molecule has 1 aromatic carbocycles. The fourth-order valence-electron chi connectivity index (χ4n) is 1.51. The van der Waals surface area contributed by atoms with Crippen molar-refractivity contribution in [3.63, 3.8) is 0 Å². The zero-order valence-electron chi connectivity index (χ0n) is 9.53. The Balaban J connectivity index is 2.10. The molecule has 0 spiro atoms. The van der Waals surface area contributed by atoms with Gasteiger partial charge in [0.15, 0.2) is 5.95 Å². The van der Waals surface area contributed by atoms with E-state index >= 15 is 0 Å². The zero-order valence-corrected chi connectivity index (χ0v) is 9.53. The van der Waals surface area contributed by atoms with Gasteiger partial charge in [-0.3, -0.25) is 4.79 Å². The van der Waals surface area contributed by atoms with Gasteiger partial charge in [0.2, 0.25) is 5.91 Å². The normalized spacial score (nSPS) is 10.2. The minimum absolute atomic E-state index is 0.0320. The second kappa shape index (κ2) is 4.69. The molecule has 0 bridgehead atoms. The van der Waals surface area contributed by atoms with E-state index in [9.17, 15) is 4.79 Å². The predicted molar refractivity (Wildman–Crippen MR) is 66.0 cm³/mol. The Hall–Kier alpha value is -2.30. The van der Waals surface area contributed by atoms with E-state index in [1.54, 1.807) is 6.20 Å². The molecule has 0 aliphatic rings. The molecule has 0 atom stereocenters. The van der Waals surface area contributed by atoms with Crippen LogP contribution in [0.3, 0.4) is 0 Å². The highest BCUT2D eigenvalue weighted by Gasteiger charge is 2.01. The molecule has 1 amide bonds. The van der Waals surface area contributed by atoms with Gasteiger partial charge < -0.3 is 16.0 Å². The number of H-pyrrole nitrogens is 1. The van der Waals surface area contributed by atoms with Gasteiger partial charge in [-0.2, -0.15) is 0 Å². The SMILES string of the molecule is CC(=O)NCc1ccc(-c2cnc(N)[nH]2)cc1. The first-order valence-electron chi connectivity index (χ1n) is 5.29. The molecule has 0 saturated carbocycles. The third kappa shape index (κ3) is 2.84. The van der Waals surface area contributed by atoms with Crippen LogP contribution in [0.2, 0.25) is 0 Å². The maximum atomic E-state index is 10.8. The minimum Gasteiger partial charge on any atom is -0.369 e. The topological polar surface area (TPSA) is 83.8 Å². The summed E-state index contributed by atoms with van der Waals surface area (Å²) >= 11 is 0. The van der Waals surface area contributed by atoms with Crippen molar-refractivity contribution < 1.29 is 4.79 Å². The summed E-state index contributed by atoms with van der Waals surface area (Å²) in [6.07, 6.45) is 1.69. The summed E-state index contributed by atoms with van der Waals surface area (Å²) in [5.41, 5.74) is 8.46. The highest BCUT2D eigenvalue weighted by Crippen LogP contribution is 2.18. The van der Waals surface area contributed by atoms with Gasteiger partial charge in [0, 0.05) is 13.5 Å². The van der Waals surface area contributed by atoms with Crippen LogP contribution in [0.4, 0.5) is 5.95 Å². The molecule has 0 saturated heterocycles. The van der Waals surface area contributed by atoms with Crippen molar-refractivity contribution >= 4 is 11.9 Å². The van der Waals surface area contributed by atoms with Gasteiger partial charge in [0.1, 0.15) is 0 Å². The monoisotopic (exact) mass is 230 g/mol. The van der Waals surface area contributed by atoms with E-state index in [1.165, 1.54) is 6.92 Å². The highest BCUT2D eigenvalue weighted by atomic mass is 16.1. The summed E-state index contributed by atoms with van der Waals surface area (Å²) in [6.45, 7) is 2.04. The van der Waals surface area contributed by atoms with Crippen molar-refractivity contribution in [2.75, 3.05) is 5.73 Å². The number of amides is 1. The molecule has 88 valence electrons. The van der Waals surface area contributed by atoms with Crippen LogP contribution in [0.25, 0.3) is 11.3 Å². The van der Waals surface area contributed by atoms with Gasteiger partial charge in [0.25, 0.3) is 0 Å². The van der Waals surface area contributed by atoms with Crippen LogP contribution in [-0.4, -0.2) is 15.9 Å². The maximum Gasteiger partial charge on any atom is 0.217 e. The Morgan fingerprint density at radius 1 is 1.41 bits per heavy atom. The van der Waals surface area contributed by atoms with Crippen LogP contribution in [0.15, 0.2) is 30.5 Å². The first kappa shape index (κ1) is 11.2. The Labute approximate surface area is 99.1 Å². The highest BCUT2D eigenvalue weighted by molar-refractivity contribution is 5.72. The Bertz CT molecular complexity index is 516. The molecule has 0 radical (unpaired) electrons. The quantitative estimate of drug-likeness (QED) is 0.743. The first-order valence-corrected chi connectivity index (χ1v) is 5.29. The number of nitrogens with zero attached hydrogens (tertiary/aromatic N) is 1. The zero-order chi connectivity index (χ0) is 12.3. The molecule has 1 aromatic heterocycles. The Morgan fingerprint density at radius 2 is 2.12 bits per heavy atom. The second-order valence-electron chi connectivity index (χ2n) is 3.79. The number of carbonyl (C=O) groups is 1. The van der Waals surface area contributed by atoms with Gasteiger partial charge >= 0.3 is 0 Å². The van der Waals surface area contributed by atoms with Gasteiger partial charge in [-0.25, -0.2) is 4.98 Å². The van der Waals surface area contributed by atoms with Crippen LogP contribution in [-0.2, 0) is 11.3 Å². The van der Waals surface area contributed by atoms with E-state index in [4.69, 9.17) is 5.73 Å². The lowest BCUT2D eigenvalue weighted by atomic mass is 10.1. The number of aromatic amines is 1. The van der Waals surface area contributed by atoms with Gasteiger partial charge in [-0.1, -0.05) is 24.3 Å². The number of nitrogen functional groups attached to an aromatic ring is 1. The molecule has 0 unspecified atom stereocenters. The number of nitrogens with one attached hydrogen (secondary N) is 2. The van der Waals surface area contributed by atoms with E-state index in [0.717, 1.165) is 16.8 Å². The lowest BCUT2D eigenvalue weighted by Crippen LogP contribution is -2.18. The summed E-state index contributed by atoms with van der Waals surface area (Å²) in [4.78, 5) is 17.7. The molecule has 0 fully saturated rings. The minimum atomic E-state index is -0.0320. The van der Waals surface area contributed by atoms with E-state index in [-0.39, 0.29) is 5.91 Å². The Morgan fingerprint density at radius 3 is 2.65 bits per heavy atom. The van der Waals surface area contributed by atoms with Crippen molar-refractivity contribution in [1.29, 1.82) is 0 Å². The average molecular weight is 230 g/mol. The third-order valence-electron chi connectivity index (χ3n) is 2.40. The smallest absolute Gasteiger partial charge is 0.217 e. The van der Waals surface area contributed by atoms with Crippen LogP contribution >= 0.6 is 0 Å². The fourth-order valence-corrected chi connectivity index (χ4v) is 1.51. The molecule has 1 heterocycles. The van der Waals surface area contributed by atoms with Crippen molar-refractivity contribution in [3.05, 3.63) is 36.0 Å². The molecule has 17 heavy (non-hydrogen) atoms. The summed E-state index contributed by atoms with van der Waals surface area (Å²) in [5.74, 6) is 0.373. The number of benzene rings is 1. The molecule has 4 N–H and O–H groups in total. The van der Waals surface area contributed by atoms with Gasteiger partial charge in [0.05, 0.1) is 11.9 Å². The number of aromatic nitrogens is 2. The van der Waals surface area contributed by atoms with Crippen LogP contribution in [0, 0.1) is 0 Å². The lowest BCUT2D eigenvalue weighted by molar-refractivity contribution is -0.119. The summed E-state index contributed by atoms with van der Waals surface area (Å²) in [6, 6.07) is 7.85. The average Bonchev–Trinajstić information content (AvgIpc) is 2.74. The first-order chi connectivity index (χ1) is 8.15. The van der Waals surface area contributed by atoms with Crippen LogP contribution < -0.4 is 11.1 Å². The van der Waals surface area contributed by atoms with E-state index in [2.05, 4.69) is 15.3 Å². The van der Waals surface area contributed by atoms with E-state index in [1.807, 2.05) is 24.3 Å². The van der Waals surface area contributed by atoms with Crippen LogP contribution in [0.1, 0.15) is 12.5 Å². The van der Waals surface area contributed by atoms with Crippen molar-refractivity contribution in [2.24, 2.45) is 0 Å². The van der Waals surface area contributed by atoms with Crippen LogP contribution in [0.5, 0.6) is 0 Å². The molecule has 0 aliphatic heterocycles. The molecule has 2 aromatic rings. The molecule has 5 heteroatoms. The summed E-state index contributed by atoms with van der Waals surface area (Å²) in [5, 5.41) is 2.75. The second-order valence-corrected chi connectivity index (χ2v) is 3.79. The van der Waals surface area contributed by atoms with Gasteiger partial charge in [-0.05, 0) is 11.1 Å². The summed E-state index contributed by atoms with van der Waals surface area (Å²) in [7, 11) is 0. The molecule has 5 nitrogen and oxygen atoms in total. The number of carbonyl (C=O) groups excluding carboxylic acids is 1. The van der Waals surface area contributed by atoms with Crippen molar-refractivity contribution in [3.8, 4) is 11.3 Å². The maximum absolute atomic E-state index is 10.8. The molecular weight excluding hydrogens is 216 g/mol. The largest absolute Gasteiger partial charge is 0.369 e. The predicted octanol–water partition coefficient (Wildman–Crippen LogP) is 1.29. The number of anilines is 1. The number of imidazole rings is 1. The number of hydrogen-bond acceptors (Lipinski definition) is 3. The lowest BCUT2D eigenvalue weighted by Gasteiger charge is -2.03. The summed E-state index contributed by atoms with van der Waals surface area (Å²) < 4.78 is 0. The van der Waals surface area contributed by atoms with Crippen molar-refractivity contribution in [1.82, 2.24) is 15.3 Å². The van der Waals surface area contributed by atoms with Crippen molar-refractivity contribution in [2.45, 2.75) is 13.5 Å². The third-order valence-corrected chi connectivity index (χ3v) is 2.40. The molecule has 0 aliphatic carbocycles. The Kier molecular flexibility index (Phi) is 3.09. The molecule has 2 rings (SSSR count). The fraction of sp³-hybridized carbons (Fsp3) is 0.167. The van der Waals surface area contributed by atoms with Gasteiger partial charge in [-0.15, -0.1) is 0 Å². The number of nitrogens with two attached hydrogens (primary N) is 1. The van der Waals surface area contributed by atoms with E-state index < -0.39 is 0 Å². The standard InChI is InChI=1S/C12H14N4O/c1-8(17)14-6-9-2-4-10(5-3-9)11-7-15-12(13)16-11/h2-5,7H,6H2,1H3,(H,14,17)(H3,13,15,16). The number of rotatable bonds is 3. The number of hydrogen-bond donors (Lipinski definition) is 3.